The van der Waals surface area contributed by atoms with E-state index in [-0.39, 0.29) is 0 Å². The van der Waals surface area contributed by atoms with E-state index in [1.165, 1.54) is 0 Å². The molecule has 0 aliphatic carbocycles. The first-order chi connectivity index (χ1) is 10.9. The third kappa shape index (κ3) is 5.32. The lowest BCUT2D eigenvalue weighted by Gasteiger charge is -2.19. The highest BCUT2D eigenvalue weighted by Crippen LogP contribution is 2.16. The van der Waals surface area contributed by atoms with Crippen molar-refractivity contribution in [2.24, 2.45) is 0 Å². The lowest BCUT2D eigenvalue weighted by atomic mass is 10.2. The number of rotatable bonds is 5. The molecule has 0 saturated heterocycles. The highest BCUT2D eigenvalue weighted by molar-refractivity contribution is 5.85. The molecule has 1 heterocycles. The fraction of sp³-hybridized carbons (Fsp3) is 0.412. The molecule has 0 spiro atoms. The van der Waals surface area contributed by atoms with E-state index in [1.807, 2.05) is 57.6 Å². The monoisotopic (exact) mass is 316 g/mol. The minimum atomic E-state index is -0.506. The number of hydrogen-bond donors (Lipinski definition) is 2. The Balaban J connectivity index is 1.88. The van der Waals surface area contributed by atoms with Gasteiger partial charge in [-0.3, -0.25) is 5.32 Å². The number of carbonyl (C=O) groups excluding carboxylic acids is 1. The number of benzene rings is 1. The summed E-state index contributed by atoms with van der Waals surface area (Å²) in [5.41, 5.74) is 2.30. The molecule has 0 aliphatic heterocycles. The Hall–Kier alpha value is -2.50. The average molecular weight is 316 g/mol. The average Bonchev–Trinajstić information content (AvgIpc) is 2.92. The van der Waals surface area contributed by atoms with Crippen LogP contribution in [0, 0.1) is 0 Å². The summed E-state index contributed by atoms with van der Waals surface area (Å²) in [5.74, 6) is 0. The van der Waals surface area contributed by atoms with Gasteiger partial charge in [-0.15, -0.1) is 0 Å². The number of amides is 1. The van der Waals surface area contributed by atoms with Gasteiger partial charge in [0.25, 0.3) is 0 Å². The molecule has 0 radical (unpaired) electrons. The first-order valence-electron chi connectivity index (χ1n) is 7.70. The Morgan fingerprint density at radius 1 is 1.22 bits per heavy atom. The third-order valence-corrected chi connectivity index (χ3v) is 3.14. The molecule has 1 aromatic heterocycles. The molecule has 0 aliphatic rings. The minimum Gasteiger partial charge on any atom is -0.444 e. The van der Waals surface area contributed by atoms with Gasteiger partial charge in [-0.1, -0.05) is 0 Å². The van der Waals surface area contributed by atoms with Crippen molar-refractivity contribution < 1.29 is 9.53 Å². The Morgan fingerprint density at radius 2 is 1.87 bits per heavy atom. The number of aromatic nitrogens is 2. The zero-order valence-corrected chi connectivity index (χ0v) is 14.1. The van der Waals surface area contributed by atoms with E-state index >= 15 is 0 Å². The highest BCUT2D eigenvalue weighted by Gasteiger charge is 2.16. The molecular weight excluding hydrogens is 292 g/mol. The van der Waals surface area contributed by atoms with E-state index in [0.717, 1.165) is 17.9 Å². The smallest absolute Gasteiger partial charge is 0.412 e. The third-order valence-electron chi connectivity index (χ3n) is 3.14. The first kappa shape index (κ1) is 16.9. The van der Waals surface area contributed by atoms with Crippen molar-refractivity contribution >= 4 is 17.5 Å². The maximum absolute atomic E-state index is 11.7. The van der Waals surface area contributed by atoms with Gasteiger partial charge in [0.15, 0.2) is 0 Å². The predicted octanol–water partition coefficient (Wildman–Crippen LogP) is 3.86. The first-order valence-corrected chi connectivity index (χ1v) is 7.70. The van der Waals surface area contributed by atoms with Crippen molar-refractivity contribution in [2.45, 2.75) is 46.4 Å². The van der Waals surface area contributed by atoms with Crippen LogP contribution in [-0.4, -0.2) is 21.2 Å². The van der Waals surface area contributed by atoms with Crippen LogP contribution in [0.3, 0.4) is 0 Å². The molecule has 2 aromatic rings. The van der Waals surface area contributed by atoms with Gasteiger partial charge in [-0.2, -0.15) is 0 Å². The van der Waals surface area contributed by atoms with E-state index in [2.05, 4.69) is 27.1 Å². The number of imidazole rings is 1. The second-order valence-corrected chi connectivity index (χ2v) is 6.23. The van der Waals surface area contributed by atoms with Crippen LogP contribution in [0.1, 0.15) is 33.4 Å². The Labute approximate surface area is 136 Å². The molecule has 0 fully saturated rings. The molecule has 2 N–H and O–H groups in total. The Kier molecular flexibility index (Phi) is 5.26. The lowest BCUT2D eigenvalue weighted by Crippen LogP contribution is -2.27. The molecule has 0 atom stereocenters. The molecule has 0 bridgehead atoms. The number of nitrogens with one attached hydrogen (secondary N) is 2. The summed E-state index contributed by atoms with van der Waals surface area (Å²) in [7, 11) is 0. The second-order valence-electron chi connectivity index (χ2n) is 6.23. The summed E-state index contributed by atoms with van der Waals surface area (Å²) in [6.07, 6.45) is 3.23. The van der Waals surface area contributed by atoms with E-state index < -0.39 is 11.7 Å². The Bertz CT molecular complexity index is 641. The van der Waals surface area contributed by atoms with Gasteiger partial charge >= 0.3 is 6.09 Å². The van der Waals surface area contributed by atoms with Crippen molar-refractivity contribution in [2.75, 3.05) is 10.6 Å². The van der Waals surface area contributed by atoms with Gasteiger partial charge in [0.1, 0.15) is 5.60 Å². The summed E-state index contributed by atoms with van der Waals surface area (Å²) in [5, 5.41) is 6.05. The van der Waals surface area contributed by atoms with Crippen molar-refractivity contribution in [1.82, 2.24) is 9.55 Å². The van der Waals surface area contributed by atoms with Crippen LogP contribution < -0.4 is 10.6 Å². The largest absolute Gasteiger partial charge is 0.444 e. The molecule has 2 rings (SSSR count). The summed E-state index contributed by atoms with van der Waals surface area (Å²) in [4.78, 5) is 15.8. The summed E-state index contributed by atoms with van der Waals surface area (Å²) >= 11 is 0. The second kappa shape index (κ2) is 7.17. The number of anilines is 2. The van der Waals surface area contributed by atoms with Crippen LogP contribution in [0.25, 0.3) is 0 Å². The molecule has 6 heteroatoms. The number of ether oxygens (including phenoxy) is 1. The maximum Gasteiger partial charge on any atom is 0.412 e. The van der Waals surface area contributed by atoms with Gasteiger partial charge in [-0.25, -0.2) is 9.78 Å². The zero-order chi connectivity index (χ0) is 16.9. The van der Waals surface area contributed by atoms with E-state index in [4.69, 9.17) is 4.74 Å². The van der Waals surface area contributed by atoms with Gasteiger partial charge in [0.2, 0.25) is 0 Å². The molecule has 124 valence electrons. The van der Waals surface area contributed by atoms with Crippen LogP contribution in [-0.2, 0) is 17.8 Å². The van der Waals surface area contributed by atoms with Crippen molar-refractivity contribution in [3.05, 3.63) is 42.5 Å². The fourth-order valence-electron chi connectivity index (χ4n) is 2.07. The molecule has 23 heavy (non-hydrogen) atoms. The highest BCUT2D eigenvalue weighted by atomic mass is 16.6. The topological polar surface area (TPSA) is 68.2 Å². The number of hydrogen-bond acceptors (Lipinski definition) is 4. The van der Waals surface area contributed by atoms with Gasteiger partial charge in [-0.05, 0) is 52.0 Å². The maximum atomic E-state index is 11.7. The summed E-state index contributed by atoms with van der Waals surface area (Å²) < 4.78 is 7.31. The summed E-state index contributed by atoms with van der Waals surface area (Å²) in [6, 6.07) is 7.51. The molecule has 1 aromatic carbocycles. The van der Waals surface area contributed by atoms with Crippen molar-refractivity contribution in [3.63, 3.8) is 0 Å². The van der Waals surface area contributed by atoms with E-state index in [9.17, 15) is 4.79 Å². The van der Waals surface area contributed by atoms with Crippen molar-refractivity contribution in [3.8, 4) is 0 Å². The van der Waals surface area contributed by atoms with E-state index in [1.54, 1.807) is 0 Å². The molecule has 0 saturated carbocycles. The normalized spacial score (nSPS) is 11.1. The predicted molar refractivity (Wildman–Crippen MR) is 91.5 cm³/mol. The van der Waals surface area contributed by atoms with Crippen LogP contribution >= 0.6 is 0 Å². The lowest BCUT2D eigenvalue weighted by molar-refractivity contribution is 0.0636. The van der Waals surface area contributed by atoms with Gasteiger partial charge in [0, 0.05) is 24.1 Å². The SMILES string of the molecule is CCn1cncc1CNc1ccc(NC(=O)OC(C)(C)C)cc1. The standard InChI is InChI=1S/C17H24N4O2/c1-5-21-12-18-10-15(21)11-19-13-6-8-14(9-7-13)20-16(22)23-17(2,3)4/h6-10,12,19H,5,11H2,1-4H3,(H,20,22). The van der Waals surface area contributed by atoms with E-state index in [0.29, 0.717) is 12.2 Å². The number of nitrogens with zero attached hydrogens (tertiary/aromatic N) is 2. The number of aryl methyl sites for hydroxylation is 1. The van der Waals surface area contributed by atoms with Crippen molar-refractivity contribution in [1.29, 1.82) is 0 Å². The minimum absolute atomic E-state index is 0.454. The van der Waals surface area contributed by atoms with Gasteiger partial charge in [0.05, 0.1) is 18.6 Å². The Morgan fingerprint density at radius 3 is 2.48 bits per heavy atom. The van der Waals surface area contributed by atoms with Crippen LogP contribution in [0.2, 0.25) is 0 Å². The van der Waals surface area contributed by atoms with Crippen LogP contribution in [0.4, 0.5) is 16.2 Å². The zero-order valence-electron chi connectivity index (χ0n) is 14.1. The summed E-state index contributed by atoms with van der Waals surface area (Å²) in [6.45, 7) is 9.19. The molecule has 6 nitrogen and oxygen atoms in total. The number of carbonyl (C=O) groups is 1. The van der Waals surface area contributed by atoms with Gasteiger partial charge < -0.3 is 14.6 Å². The van der Waals surface area contributed by atoms with Crippen LogP contribution in [0.15, 0.2) is 36.8 Å². The fourth-order valence-corrected chi connectivity index (χ4v) is 2.07. The molecule has 0 unspecified atom stereocenters. The molecule has 1 amide bonds. The quantitative estimate of drug-likeness (QED) is 0.879. The molecular formula is C17H24N4O2. The van der Waals surface area contributed by atoms with Crippen LogP contribution in [0.5, 0.6) is 0 Å².